The van der Waals surface area contributed by atoms with Gasteiger partial charge in [-0.2, -0.15) is 0 Å². The van der Waals surface area contributed by atoms with Crippen molar-refractivity contribution >= 4 is 0 Å². The summed E-state index contributed by atoms with van der Waals surface area (Å²) in [5, 5.41) is 9.52. The Morgan fingerprint density at radius 1 is 1.20 bits per heavy atom. The second-order valence-corrected chi connectivity index (χ2v) is 3.39. The molecular weight excluding hydrogens is 190 g/mol. The van der Waals surface area contributed by atoms with Gasteiger partial charge in [0.25, 0.3) is 5.56 Å². The third-order valence-electron chi connectivity index (χ3n) is 2.34. The molecule has 0 saturated carbocycles. The van der Waals surface area contributed by atoms with Crippen molar-refractivity contribution in [3.8, 4) is 17.0 Å². The van der Waals surface area contributed by atoms with Crippen molar-refractivity contribution in [2.24, 2.45) is 0 Å². The first-order valence-corrected chi connectivity index (χ1v) is 4.67. The van der Waals surface area contributed by atoms with E-state index in [1.165, 1.54) is 0 Å². The lowest BCUT2D eigenvalue weighted by atomic mass is 10.1. The number of H-pyrrole nitrogens is 1. The fraction of sp³-hybridized carbons (Fsp3) is 0.0833. The van der Waals surface area contributed by atoms with Crippen LogP contribution in [0.1, 0.15) is 5.56 Å². The lowest BCUT2D eigenvalue weighted by molar-refractivity contribution is 0.469. The van der Waals surface area contributed by atoms with Gasteiger partial charge in [0.15, 0.2) is 0 Å². The van der Waals surface area contributed by atoms with E-state index in [4.69, 9.17) is 0 Å². The molecule has 0 atom stereocenters. The van der Waals surface area contributed by atoms with Gasteiger partial charge < -0.3 is 10.1 Å². The minimum absolute atomic E-state index is 0.0256. The van der Waals surface area contributed by atoms with Crippen LogP contribution in [-0.4, -0.2) is 10.1 Å². The van der Waals surface area contributed by atoms with Crippen molar-refractivity contribution in [3.05, 3.63) is 52.3 Å². The van der Waals surface area contributed by atoms with Gasteiger partial charge in [-0.15, -0.1) is 0 Å². The number of pyridine rings is 1. The van der Waals surface area contributed by atoms with Crippen molar-refractivity contribution in [1.82, 2.24) is 4.98 Å². The maximum Gasteiger partial charge on any atom is 0.255 e. The van der Waals surface area contributed by atoms with Gasteiger partial charge in [0.1, 0.15) is 5.75 Å². The zero-order chi connectivity index (χ0) is 10.8. The van der Waals surface area contributed by atoms with Gasteiger partial charge in [-0.3, -0.25) is 4.79 Å². The predicted molar refractivity (Wildman–Crippen MR) is 58.9 cm³/mol. The highest BCUT2D eigenvalue weighted by molar-refractivity contribution is 5.60. The summed E-state index contributed by atoms with van der Waals surface area (Å²) in [4.78, 5) is 14.1. The van der Waals surface area contributed by atoms with E-state index in [1.807, 2.05) is 30.3 Å². The van der Waals surface area contributed by atoms with E-state index in [0.29, 0.717) is 11.3 Å². The lowest BCUT2D eigenvalue weighted by Gasteiger charge is -2.03. The first-order valence-electron chi connectivity index (χ1n) is 4.67. The summed E-state index contributed by atoms with van der Waals surface area (Å²) in [5.41, 5.74) is 1.59. The molecule has 2 N–H and O–H groups in total. The Morgan fingerprint density at radius 3 is 2.47 bits per heavy atom. The van der Waals surface area contributed by atoms with Crippen LogP contribution in [0.3, 0.4) is 0 Å². The number of aromatic amines is 1. The molecule has 0 radical (unpaired) electrons. The SMILES string of the molecule is Cc1c(O)cc(-c2ccccc2)[nH]c1=O. The largest absolute Gasteiger partial charge is 0.507 e. The van der Waals surface area contributed by atoms with Gasteiger partial charge in [-0.1, -0.05) is 30.3 Å². The highest BCUT2D eigenvalue weighted by Gasteiger charge is 2.04. The van der Waals surface area contributed by atoms with E-state index in [9.17, 15) is 9.90 Å². The monoisotopic (exact) mass is 201 g/mol. The zero-order valence-corrected chi connectivity index (χ0v) is 8.32. The Bertz CT molecular complexity index is 529. The number of nitrogens with one attached hydrogen (secondary N) is 1. The van der Waals surface area contributed by atoms with Crippen molar-refractivity contribution in [3.63, 3.8) is 0 Å². The van der Waals surface area contributed by atoms with Crippen LogP contribution in [0.4, 0.5) is 0 Å². The molecule has 0 aliphatic heterocycles. The second-order valence-electron chi connectivity index (χ2n) is 3.39. The molecule has 2 aromatic rings. The van der Waals surface area contributed by atoms with Crippen molar-refractivity contribution in [2.45, 2.75) is 6.92 Å². The summed E-state index contributed by atoms with van der Waals surface area (Å²) in [5.74, 6) is 0.0256. The summed E-state index contributed by atoms with van der Waals surface area (Å²) >= 11 is 0. The maximum absolute atomic E-state index is 11.4. The molecule has 1 heterocycles. The summed E-state index contributed by atoms with van der Waals surface area (Å²) in [7, 11) is 0. The molecule has 76 valence electrons. The van der Waals surface area contributed by atoms with Gasteiger partial charge in [0, 0.05) is 6.07 Å². The molecule has 3 nitrogen and oxygen atoms in total. The number of hydrogen-bond acceptors (Lipinski definition) is 2. The van der Waals surface area contributed by atoms with Crippen molar-refractivity contribution in [2.75, 3.05) is 0 Å². The Kier molecular flexibility index (Phi) is 2.29. The van der Waals surface area contributed by atoms with E-state index in [0.717, 1.165) is 5.56 Å². The van der Waals surface area contributed by atoms with E-state index >= 15 is 0 Å². The minimum atomic E-state index is -0.256. The smallest absolute Gasteiger partial charge is 0.255 e. The van der Waals surface area contributed by atoms with E-state index in [2.05, 4.69) is 4.98 Å². The minimum Gasteiger partial charge on any atom is -0.507 e. The van der Waals surface area contributed by atoms with Crippen LogP contribution in [0.5, 0.6) is 5.75 Å². The molecule has 1 aromatic carbocycles. The van der Waals surface area contributed by atoms with Gasteiger partial charge in [0.05, 0.1) is 11.3 Å². The number of rotatable bonds is 1. The number of benzene rings is 1. The second kappa shape index (κ2) is 3.61. The van der Waals surface area contributed by atoms with Crippen LogP contribution in [-0.2, 0) is 0 Å². The van der Waals surface area contributed by atoms with Crippen molar-refractivity contribution in [1.29, 1.82) is 0 Å². The van der Waals surface area contributed by atoms with Crippen LogP contribution in [0.15, 0.2) is 41.2 Å². The summed E-state index contributed by atoms with van der Waals surface area (Å²) in [6.07, 6.45) is 0. The van der Waals surface area contributed by atoms with Crippen LogP contribution >= 0.6 is 0 Å². The van der Waals surface area contributed by atoms with Crippen LogP contribution < -0.4 is 5.56 Å². The molecule has 0 spiro atoms. The Hall–Kier alpha value is -2.03. The van der Waals surface area contributed by atoms with Gasteiger partial charge in [-0.05, 0) is 12.5 Å². The normalized spacial score (nSPS) is 10.2. The molecule has 0 aliphatic rings. The third kappa shape index (κ3) is 1.76. The molecular formula is C12H11NO2. The maximum atomic E-state index is 11.4. The number of hydrogen-bond donors (Lipinski definition) is 2. The molecule has 0 bridgehead atoms. The van der Waals surface area contributed by atoms with Gasteiger partial charge in [-0.25, -0.2) is 0 Å². The highest BCUT2D eigenvalue weighted by atomic mass is 16.3. The molecule has 0 fully saturated rings. The fourth-order valence-electron chi connectivity index (χ4n) is 1.39. The number of aromatic hydroxyl groups is 1. The average Bonchev–Trinajstić information content (AvgIpc) is 2.26. The topological polar surface area (TPSA) is 53.1 Å². The van der Waals surface area contributed by atoms with E-state index in [1.54, 1.807) is 13.0 Å². The van der Waals surface area contributed by atoms with Gasteiger partial charge >= 0.3 is 0 Å². The predicted octanol–water partition coefficient (Wildman–Crippen LogP) is 2.06. The quantitative estimate of drug-likeness (QED) is 0.742. The Morgan fingerprint density at radius 2 is 1.87 bits per heavy atom. The molecule has 0 amide bonds. The van der Waals surface area contributed by atoms with Crippen molar-refractivity contribution < 1.29 is 5.11 Å². The standard InChI is InChI=1S/C12H11NO2/c1-8-11(14)7-10(13-12(8)15)9-5-3-2-4-6-9/h2-7H,1H3,(H2,13,14,15). The van der Waals surface area contributed by atoms with E-state index in [-0.39, 0.29) is 11.3 Å². The Labute approximate surface area is 87.0 Å². The number of aromatic nitrogens is 1. The highest BCUT2D eigenvalue weighted by Crippen LogP contribution is 2.20. The molecule has 1 aromatic heterocycles. The molecule has 0 aliphatic carbocycles. The first-order chi connectivity index (χ1) is 7.18. The van der Waals surface area contributed by atoms with Crippen LogP contribution in [0, 0.1) is 6.92 Å². The summed E-state index contributed by atoms with van der Waals surface area (Å²) < 4.78 is 0. The average molecular weight is 201 g/mol. The zero-order valence-electron chi connectivity index (χ0n) is 8.32. The lowest BCUT2D eigenvalue weighted by Crippen LogP contribution is -2.09. The van der Waals surface area contributed by atoms with E-state index < -0.39 is 0 Å². The van der Waals surface area contributed by atoms with Crippen LogP contribution in [0.25, 0.3) is 11.3 Å². The molecule has 3 heteroatoms. The molecule has 0 saturated heterocycles. The van der Waals surface area contributed by atoms with Gasteiger partial charge in [0.2, 0.25) is 0 Å². The van der Waals surface area contributed by atoms with Crippen LogP contribution in [0.2, 0.25) is 0 Å². The Balaban J connectivity index is 2.61. The summed E-state index contributed by atoms with van der Waals surface area (Å²) in [6, 6.07) is 11.0. The molecule has 2 rings (SSSR count). The first kappa shape index (κ1) is 9.52. The summed E-state index contributed by atoms with van der Waals surface area (Å²) in [6.45, 7) is 1.59. The molecule has 0 unspecified atom stereocenters. The third-order valence-corrected chi connectivity index (χ3v) is 2.34. The fourth-order valence-corrected chi connectivity index (χ4v) is 1.39. The molecule has 15 heavy (non-hydrogen) atoms.